The average molecular weight is 1230 g/mol. The summed E-state index contributed by atoms with van der Waals surface area (Å²) in [5.74, 6) is 0.759. The van der Waals surface area contributed by atoms with Crippen molar-refractivity contribution in [2.24, 2.45) is 23.7 Å². The molecule has 83 heavy (non-hydrogen) atoms. The summed E-state index contributed by atoms with van der Waals surface area (Å²) in [6.45, 7) is 13.9. The van der Waals surface area contributed by atoms with Crippen LogP contribution in [0.15, 0.2) is 0 Å². The maximum atomic E-state index is 13.0. The van der Waals surface area contributed by atoms with Crippen LogP contribution >= 0.6 is 15.6 Å². The van der Waals surface area contributed by atoms with Crippen LogP contribution in [0, 0.1) is 23.7 Å². The van der Waals surface area contributed by atoms with E-state index in [9.17, 15) is 43.2 Å². The molecular weight excluding hydrogens is 1100 g/mol. The van der Waals surface area contributed by atoms with Crippen LogP contribution in [0.4, 0.5) is 0 Å². The van der Waals surface area contributed by atoms with E-state index in [1.807, 2.05) is 0 Å². The monoisotopic (exact) mass is 1230 g/mol. The molecule has 0 heterocycles. The first-order valence-electron chi connectivity index (χ1n) is 33.3. The number of esters is 4. The summed E-state index contributed by atoms with van der Waals surface area (Å²) in [5.41, 5.74) is 0. The zero-order valence-electron chi connectivity index (χ0n) is 53.8. The smallest absolute Gasteiger partial charge is 0.462 e. The Morgan fingerprint density at radius 1 is 0.337 bits per heavy atom. The Balaban J connectivity index is 5.23. The first kappa shape index (κ1) is 81.1. The molecule has 0 aromatic rings. The summed E-state index contributed by atoms with van der Waals surface area (Å²) >= 11 is 0. The number of carbonyl (C=O) groups excluding carboxylic acids is 4. The lowest BCUT2D eigenvalue weighted by Crippen LogP contribution is -2.30. The molecule has 0 saturated carbocycles. The minimum atomic E-state index is -4.95. The third-order valence-electron chi connectivity index (χ3n) is 15.3. The average Bonchev–Trinajstić information content (AvgIpc) is 3.48. The van der Waals surface area contributed by atoms with Crippen molar-refractivity contribution in [3.8, 4) is 0 Å². The maximum absolute atomic E-state index is 13.0. The van der Waals surface area contributed by atoms with Crippen LogP contribution in [0.5, 0.6) is 0 Å². The van der Waals surface area contributed by atoms with Gasteiger partial charge in [0.05, 0.1) is 26.4 Å². The Morgan fingerprint density at radius 3 is 0.855 bits per heavy atom. The molecule has 0 fully saturated rings. The fourth-order valence-corrected chi connectivity index (χ4v) is 10.9. The molecule has 3 N–H and O–H groups in total. The standard InChI is InChI=1S/C64H124O17P2/c1-9-56(7)42-34-26-17-13-11-12-14-18-28-36-44-61(66)74-50-60(81-64(69)47-39-31-23-21-27-35-43-57(8)10-2)53-79-83(72,73)77-49-58(65)48-76-82(70,71)78-52-59(80-63(68)46-38-30-22-20-25-33-41-55(5)6)51-75-62(67)45-37-29-19-15-16-24-32-40-54(3)4/h54-60,65H,9-53H2,1-8H3,(H,70,71)(H,72,73)/t56?,57?,58?,59-,60-/m1/s1. The number of phosphoric ester groups is 2. The first-order valence-corrected chi connectivity index (χ1v) is 36.3. The Labute approximate surface area is 505 Å². The molecule has 0 aliphatic carbocycles. The highest BCUT2D eigenvalue weighted by Gasteiger charge is 2.30. The van der Waals surface area contributed by atoms with E-state index in [0.717, 1.165) is 108 Å². The number of ether oxygens (including phenoxy) is 4. The number of rotatable bonds is 61. The van der Waals surface area contributed by atoms with Gasteiger partial charge < -0.3 is 33.8 Å². The maximum Gasteiger partial charge on any atom is 0.472 e. The van der Waals surface area contributed by atoms with Crippen LogP contribution < -0.4 is 0 Å². The van der Waals surface area contributed by atoms with Gasteiger partial charge in [-0.15, -0.1) is 0 Å². The predicted molar refractivity (Wildman–Crippen MR) is 331 cm³/mol. The van der Waals surface area contributed by atoms with Gasteiger partial charge in [-0.1, -0.05) is 254 Å². The van der Waals surface area contributed by atoms with Gasteiger partial charge >= 0.3 is 39.5 Å². The van der Waals surface area contributed by atoms with Gasteiger partial charge in [0, 0.05) is 25.7 Å². The number of carbonyl (C=O) groups is 4. The Morgan fingerprint density at radius 2 is 0.578 bits per heavy atom. The van der Waals surface area contributed by atoms with Crippen molar-refractivity contribution < 1.29 is 80.2 Å². The molecular formula is C64H124O17P2. The molecule has 492 valence electrons. The normalized spacial score (nSPS) is 15.1. The lowest BCUT2D eigenvalue weighted by Gasteiger charge is -2.21. The fraction of sp³-hybridized carbons (Fsp3) is 0.938. The molecule has 17 nitrogen and oxygen atoms in total. The van der Waals surface area contributed by atoms with Gasteiger partial charge in [-0.25, -0.2) is 9.13 Å². The Bertz CT molecular complexity index is 1670. The number of aliphatic hydroxyl groups is 1. The summed E-state index contributed by atoms with van der Waals surface area (Å²) in [6.07, 6.45) is 33.7. The number of unbranched alkanes of at least 4 members (excludes halogenated alkanes) is 25. The van der Waals surface area contributed by atoms with Crippen LogP contribution in [-0.4, -0.2) is 96.7 Å². The molecule has 0 spiro atoms. The lowest BCUT2D eigenvalue weighted by atomic mass is 9.99. The van der Waals surface area contributed by atoms with Gasteiger partial charge in [0.25, 0.3) is 0 Å². The highest BCUT2D eigenvalue weighted by molar-refractivity contribution is 7.47. The largest absolute Gasteiger partial charge is 0.472 e. The number of phosphoric acid groups is 2. The third-order valence-corrected chi connectivity index (χ3v) is 17.2. The van der Waals surface area contributed by atoms with Gasteiger partial charge in [-0.2, -0.15) is 0 Å². The third kappa shape index (κ3) is 56.3. The van der Waals surface area contributed by atoms with Gasteiger partial charge in [0.1, 0.15) is 19.3 Å². The van der Waals surface area contributed by atoms with Crippen molar-refractivity contribution in [3.05, 3.63) is 0 Å². The number of hydrogen-bond donors (Lipinski definition) is 3. The molecule has 5 unspecified atom stereocenters. The molecule has 0 aliphatic rings. The summed E-state index contributed by atoms with van der Waals surface area (Å²) in [6, 6.07) is 0. The molecule has 0 aromatic carbocycles. The molecule has 19 heteroatoms. The molecule has 0 saturated heterocycles. The van der Waals surface area contributed by atoms with Crippen LogP contribution in [0.2, 0.25) is 0 Å². The van der Waals surface area contributed by atoms with E-state index < -0.39 is 97.5 Å². The quantitative estimate of drug-likeness (QED) is 0.0222. The van der Waals surface area contributed by atoms with Crippen LogP contribution in [-0.2, 0) is 65.4 Å². The lowest BCUT2D eigenvalue weighted by molar-refractivity contribution is -0.161. The molecule has 0 aromatic heterocycles. The minimum absolute atomic E-state index is 0.101. The van der Waals surface area contributed by atoms with Gasteiger partial charge in [-0.05, 0) is 49.4 Å². The second-order valence-electron chi connectivity index (χ2n) is 24.6. The SMILES string of the molecule is CCC(C)CCCCCCCCCCCCC(=O)OC[C@H](COP(=O)(O)OCC(O)COP(=O)(O)OC[C@@H](COC(=O)CCCCCCCCCC(C)C)OC(=O)CCCCCCCCC(C)C)OC(=O)CCCCCCCCC(C)CC. The van der Waals surface area contributed by atoms with E-state index in [1.54, 1.807) is 0 Å². The molecule has 0 radical (unpaired) electrons. The fourth-order valence-electron chi connectivity index (χ4n) is 9.36. The molecule has 0 rings (SSSR count). The predicted octanol–water partition coefficient (Wildman–Crippen LogP) is 17.4. The zero-order valence-corrected chi connectivity index (χ0v) is 55.6. The van der Waals surface area contributed by atoms with Crippen LogP contribution in [0.3, 0.4) is 0 Å². The van der Waals surface area contributed by atoms with Crippen molar-refractivity contribution in [2.45, 2.75) is 324 Å². The van der Waals surface area contributed by atoms with Crippen LogP contribution in [0.1, 0.15) is 306 Å². The van der Waals surface area contributed by atoms with E-state index in [2.05, 4.69) is 55.4 Å². The van der Waals surface area contributed by atoms with Crippen molar-refractivity contribution >= 4 is 39.5 Å². The van der Waals surface area contributed by atoms with Crippen molar-refractivity contribution in [1.29, 1.82) is 0 Å². The molecule has 0 aliphatic heterocycles. The summed E-state index contributed by atoms with van der Waals surface area (Å²) in [4.78, 5) is 72.2. The van der Waals surface area contributed by atoms with Crippen molar-refractivity contribution in [3.63, 3.8) is 0 Å². The Kier molecular flexibility index (Phi) is 53.0. The summed E-state index contributed by atoms with van der Waals surface area (Å²) in [5, 5.41) is 10.5. The van der Waals surface area contributed by atoms with Gasteiger partial charge in [0.2, 0.25) is 0 Å². The van der Waals surface area contributed by atoms with E-state index in [1.165, 1.54) is 103 Å². The van der Waals surface area contributed by atoms with Gasteiger partial charge in [-0.3, -0.25) is 37.3 Å². The van der Waals surface area contributed by atoms with Gasteiger partial charge in [0.15, 0.2) is 12.2 Å². The molecule has 7 atom stereocenters. The molecule has 0 bridgehead atoms. The van der Waals surface area contributed by atoms with Crippen LogP contribution in [0.25, 0.3) is 0 Å². The van der Waals surface area contributed by atoms with E-state index in [4.69, 9.17) is 37.0 Å². The summed E-state index contributed by atoms with van der Waals surface area (Å²) < 4.78 is 67.9. The summed E-state index contributed by atoms with van der Waals surface area (Å²) in [7, 11) is -9.89. The van der Waals surface area contributed by atoms with Crippen molar-refractivity contribution in [2.75, 3.05) is 39.6 Å². The minimum Gasteiger partial charge on any atom is -0.462 e. The number of hydrogen-bond acceptors (Lipinski definition) is 15. The second-order valence-corrected chi connectivity index (χ2v) is 27.5. The Hall–Kier alpha value is -1.94. The number of aliphatic hydroxyl groups excluding tert-OH is 1. The van der Waals surface area contributed by atoms with E-state index >= 15 is 0 Å². The second kappa shape index (κ2) is 54.2. The van der Waals surface area contributed by atoms with E-state index in [0.29, 0.717) is 37.5 Å². The first-order chi connectivity index (χ1) is 39.7. The topological polar surface area (TPSA) is 237 Å². The molecule has 0 amide bonds. The zero-order chi connectivity index (χ0) is 61.8. The highest BCUT2D eigenvalue weighted by atomic mass is 31.2. The van der Waals surface area contributed by atoms with Crippen molar-refractivity contribution in [1.82, 2.24) is 0 Å². The highest BCUT2D eigenvalue weighted by Crippen LogP contribution is 2.45. The van der Waals surface area contributed by atoms with E-state index in [-0.39, 0.29) is 25.7 Å².